The molecule has 88 valence electrons. The van der Waals surface area contributed by atoms with Gasteiger partial charge in [-0.05, 0) is 28.2 Å². The number of carboxylic acids is 1. The molecule has 0 saturated heterocycles. The first-order valence-electron chi connectivity index (χ1n) is 4.19. The third kappa shape index (κ3) is 3.09. The molecular formula is C9H7BrF2INO2. The summed E-state index contributed by atoms with van der Waals surface area (Å²) in [4.78, 5) is 14.3. The van der Waals surface area contributed by atoms with Crippen LogP contribution in [0.4, 0.5) is 8.78 Å². The Morgan fingerprint density at radius 2 is 2.25 bits per heavy atom. The maximum absolute atomic E-state index is 12.6. The van der Waals surface area contributed by atoms with E-state index in [2.05, 4.69) is 20.9 Å². The third-order valence-corrected chi connectivity index (χ3v) is 3.75. The Morgan fingerprint density at radius 3 is 2.69 bits per heavy atom. The Kier molecular flexibility index (Phi) is 5.03. The van der Waals surface area contributed by atoms with Crippen LogP contribution in [0.3, 0.4) is 0 Å². The van der Waals surface area contributed by atoms with Crippen LogP contribution in [-0.2, 0) is 16.5 Å². The number of halogens is 4. The van der Waals surface area contributed by atoms with Gasteiger partial charge < -0.3 is 5.11 Å². The average molecular weight is 406 g/mol. The second kappa shape index (κ2) is 5.85. The lowest BCUT2D eigenvalue weighted by atomic mass is 10.1. The van der Waals surface area contributed by atoms with Gasteiger partial charge in [0.1, 0.15) is 0 Å². The van der Waals surface area contributed by atoms with Gasteiger partial charge in [0.05, 0.1) is 12.1 Å². The van der Waals surface area contributed by atoms with Crippen LogP contribution in [0.1, 0.15) is 23.2 Å². The molecule has 7 heteroatoms. The lowest BCUT2D eigenvalue weighted by Gasteiger charge is -2.11. The monoisotopic (exact) mass is 405 g/mol. The van der Waals surface area contributed by atoms with Gasteiger partial charge in [-0.25, -0.2) is 8.78 Å². The van der Waals surface area contributed by atoms with E-state index in [0.29, 0.717) is 14.8 Å². The van der Waals surface area contributed by atoms with Crippen molar-refractivity contribution in [3.8, 4) is 0 Å². The highest BCUT2D eigenvalue weighted by atomic mass is 127. The molecule has 0 aliphatic carbocycles. The van der Waals surface area contributed by atoms with Crippen molar-refractivity contribution in [3.05, 3.63) is 26.6 Å². The van der Waals surface area contributed by atoms with Crippen molar-refractivity contribution in [2.24, 2.45) is 0 Å². The van der Waals surface area contributed by atoms with E-state index in [9.17, 15) is 13.6 Å². The molecule has 1 aromatic rings. The summed E-state index contributed by atoms with van der Waals surface area (Å²) < 4.78 is 25.7. The van der Waals surface area contributed by atoms with Gasteiger partial charge in [-0.1, -0.05) is 15.9 Å². The van der Waals surface area contributed by atoms with Crippen LogP contribution in [-0.4, -0.2) is 16.1 Å². The van der Waals surface area contributed by atoms with Crippen LogP contribution < -0.4 is 0 Å². The van der Waals surface area contributed by atoms with Crippen molar-refractivity contribution in [2.75, 3.05) is 0 Å². The Bertz CT molecular complexity index is 415. The minimum Gasteiger partial charge on any atom is -0.481 e. The number of pyridine rings is 1. The quantitative estimate of drug-likeness (QED) is 0.618. The molecule has 1 rings (SSSR count). The van der Waals surface area contributed by atoms with Gasteiger partial charge in [-0.2, -0.15) is 0 Å². The lowest BCUT2D eigenvalue weighted by molar-refractivity contribution is -0.136. The van der Waals surface area contributed by atoms with E-state index in [1.807, 2.05) is 22.6 Å². The Morgan fingerprint density at radius 1 is 1.62 bits per heavy atom. The van der Waals surface area contributed by atoms with E-state index in [4.69, 9.17) is 5.11 Å². The smallest absolute Gasteiger partial charge is 0.309 e. The maximum atomic E-state index is 12.6. The molecule has 16 heavy (non-hydrogen) atoms. The molecule has 1 aromatic heterocycles. The molecule has 0 fully saturated rings. The number of hydrogen-bond donors (Lipinski definition) is 1. The zero-order valence-corrected chi connectivity index (χ0v) is 11.6. The van der Waals surface area contributed by atoms with Gasteiger partial charge in [0.15, 0.2) is 0 Å². The molecule has 0 spiro atoms. The maximum Gasteiger partial charge on any atom is 0.309 e. The summed E-state index contributed by atoms with van der Waals surface area (Å²) >= 11 is 4.96. The molecule has 0 atom stereocenters. The number of carboxylic acid groups (broad SMARTS) is 1. The fourth-order valence-electron chi connectivity index (χ4n) is 1.17. The van der Waals surface area contributed by atoms with Crippen molar-refractivity contribution >= 4 is 44.5 Å². The molecule has 3 nitrogen and oxygen atoms in total. The molecule has 0 aliphatic heterocycles. The highest BCUT2D eigenvalue weighted by Gasteiger charge is 2.19. The summed E-state index contributed by atoms with van der Waals surface area (Å²) in [5.74, 6) is -1.03. The number of aromatic nitrogens is 1. The number of aliphatic carboxylic acids is 1. The highest BCUT2D eigenvalue weighted by molar-refractivity contribution is 14.1. The Balaban J connectivity index is 3.23. The summed E-state index contributed by atoms with van der Waals surface area (Å²) in [7, 11) is 0. The number of hydrogen-bond acceptors (Lipinski definition) is 2. The normalized spacial score (nSPS) is 10.8. The van der Waals surface area contributed by atoms with E-state index >= 15 is 0 Å². The summed E-state index contributed by atoms with van der Waals surface area (Å²) in [6, 6.07) is 0. The topological polar surface area (TPSA) is 50.2 Å². The first-order chi connectivity index (χ1) is 7.47. The van der Waals surface area contributed by atoms with Gasteiger partial charge in [0, 0.05) is 20.7 Å². The van der Waals surface area contributed by atoms with Crippen molar-refractivity contribution in [2.45, 2.75) is 18.2 Å². The molecule has 1 N–H and O–H groups in total. The van der Waals surface area contributed by atoms with E-state index in [0.717, 1.165) is 6.20 Å². The minimum absolute atomic E-state index is 0.157. The first kappa shape index (κ1) is 13.8. The van der Waals surface area contributed by atoms with E-state index in [1.165, 1.54) is 0 Å². The summed E-state index contributed by atoms with van der Waals surface area (Å²) in [6.07, 6.45) is -1.82. The zero-order valence-electron chi connectivity index (χ0n) is 7.88. The number of alkyl halides is 3. The van der Waals surface area contributed by atoms with Crippen LogP contribution in [0.5, 0.6) is 0 Å². The molecule has 0 aliphatic rings. The fraction of sp³-hybridized carbons (Fsp3) is 0.333. The summed E-state index contributed by atoms with van der Waals surface area (Å²) in [5, 5.41) is 8.88. The second-order valence-electron chi connectivity index (χ2n) is 2.96. The standard InChI is InChI=1S/C9H7BrF2INO2/c10-2-4-5(9(11)12)3-14-6(8(4)13)1-7(15)16/h3,9H,1-2H2,(H,15,16). The van der Waals surface area contributed by atoms with Crippen LogP contribution in [0.2, 0.25) is 0 Å². The second-order valence-corrected chi connectivity index (χ2v) is 4.60. The largest absolute Gasteiger partial charge is 0.481 e. The SMILES string of the molecule is O=C(O)Cc1ncc(C(F)F)c(CBr)c1I. The fourth-order valence-corrected chi connectivity index (χ4v) is 3.13. The van der Waals surface area contributed by atoms with Crippen LogP contribution in [0.25, 0.3) is 0 Å². The molecule has 0 amide bonds. The third-order valence-electron chi connectivity index (χ3n) is 1.91. The number of rotatable bonds is 4. The van der Waals surface area contributed by atoms with Gasteiger partial charge in [-0.15, -0.1) is 0 Å². The van der Waals surface area contributed by atoms with Crippen LogP contribution >= 0.6 is 38.5 Å². The molecule has 0 saturated carbocycles. The highest BCUT2D eigenvalue weighted by Crippen LogP contribution is 2.29. The lowest BCUT2D eigenvalue weighted by Crippen LogP contribution is -2.08. The van der Waals surface area contributed by atoms with Gasteiger partial charge >= 0.3 is 5.97 Å². The Labute approximate surface area is 113 Å². The van der Waals surface area contributed by atoms with E-state index in [-0.39, 0.29) is 17.3 Å². The van der Waals surface area contributed by atoms with Crippen molar-refractivity contribution in [3.63, 3.8) is 0 Å². The molecule has 1 heterocycles. The molecule has 0 bridgehead atoms. The van der Waals surface area contributed by atoms with Gasteiger partial charge in [0.25, 0.3) is 6.43 Å². The van der Waals surface area contributed by atoms with Gasteiger partial charge in [0.2, 0.25) is 0 Å². The molecule has 0 aromatic carbocycles. The molecule has 0 radical (unpaired) electrons. The average Bonchev–Trinajstić information content (AvgIpc) is 2.19. The van der Waals surface area contributed by atoms with Crippen LogP contribution in [0.15, 0.2) is 6.20 Å². The summed E-state index contributed by atoms with van der Waals surface area (Å²) in [6.45, 7) is 0. The van der Waals surface area contributed by atoms with E-state index in [1.54, 1.807) is 0 Å². The minimum atomic E-state index is -2.60. The zero-order chi connectivity index (χ0) is 12.3. The van der Waals surface area contributed by atoms with Crippen molar-refractivity contribution < 1.29 is 18.7 Å². The van der Waals surface area contributed by atoms with E-state index < -0.39 is 12.4 Å². The van der Waals surface area contributed by atoms with Crippen LogP contribution in [0, 0.1) is 3.57 Å². The van der Waals surface area contributed by atoms with Gasteiger partial charge in [-0.3, -0.25) is 9.78 Å². The predicted octanol–water partition coefficient (Wildman–Crippen LogP) is 3.15. The first-order valence-corrected chi connectivity index (χ1v) is 6.39. The Hall–Kier alpha value is -0.310. The molecular weight excluding hydrogens is 399 g/mol. The number of nitrogens with zero attached hydrogens (tertiary/aromatic N) is 1. The van der Waals surface area contributed by atoms with Crippen molar-refractivity contribution in [1.82, 2.24) is 4.98 Å². The van der Waals surface area contributed by atoms with Crippen molar-refractivity contribution in [1.29, 1.82) is 0 Å². The molecule has 0 unspecified atom stereocenters. The predicted molar refractivity (Wildman–Crippen MR) is 65.9 cm³/mol. The summed E-state index contributed by atoms with van der Waals surface area (Å²) in [5.41, 5.74) is 0.559. The number of carbonyl (C=O) groups is 1.